The predicted octanol–water partition coefficient (Wildman–Crippen LogP) is 2.92. The van der Waals surface area contributed by atoms with Crippen LogP contribution in [0.15, 0.2) is 41.3 Å². The minimum Gasteiger partial charge on any atom is -0.394 e. The van der Waals surface area contributed by atoms with Crippen molar-refractivity contribution < 1.29 is 17.6 Å². The fourth-order valence-electron chi connectivity index (χ4n) is 2.59. The molecule has 0 unspecified atom stereocenters. The molecule has 2 heterocycles. The highest BCUT2D eigenvalue weighted by molar-refractivity contribution is 5.76. The van der Waals surface area contributed by atoms with Gasteiger partial charge in [-0.2, -0.15) is 13.2 Å². The lowest BCUT2D eigenvalue weighted by molar-refractivity contribution is -0.136. The van der Waals surface area contributed by atoms with Gasteiger partial charge in [-0.3, -0.25) is 4.79 Å². The number of nitrogen functional groups attached to an aromatic ring is 1. The van der Waals surface area contributed by atoms with Crippen LogP contribution in [0.3, 0.4) is 0 Å². The number of alkyl halides is 3. The molecule has 9 heteroatoms. The summed E-state index contributed by atoms with van der Waals surface area (Å²) in [4.78, 5) is 16.2. The largest absolute Gasteiger partial charge is 0.394 e. The molecule has 25 heavy (non-hydrogen) atoms. The van der Waals surface area contributed by atoms with E-state index < -0.39 is 24.0 Å². The number of hydrogen-bond acceptors (Lipinski definition) is 3. The van der Waals surface area contributed by atoms with Gasteiger partial charge >= 0.3 is 6.18 Å². The lowest BCUT2D eigenvalue weighted by Crippen LogP contribution is -2.24. The second kappa shape index (κ2) is 6.23. The first-order valence-electron chi connectivity index (χ1n) is 7.41. The van der Waals surface area contributed by atoms with Crippen LogP contribution in [0, 0.1) is 5.82 Å². The molecule has 0 radical (unpaired) electrons. The van der Waals surface area contributed by atoms with E-state index in [2.05, 4.69) is 4.98 Å². The number of nitrogens with two attached hydrogens (primary N) is 1. The quantitative estimate of drug-likeness (QED) is 0.733. The lowest BCUT2D eigenvalue weighted by atomic mass is 10.3. The maximum atomic E-state index is 13.4. The summed E-state index contributed by atoms with van der Waals surface area (Å²) in [7, 11) is 0. The summed E-state index contributed by atoms with van der Waals surface area (Å²) in [6, 6.07) is 6.66. The zero-order valence-electron chi connectivity index (χ0n) is 12.9. The molecule has 3 aromatic rings. The summed E-state index contributed by atoms with van der Waals surface area (Å²) >= 11 is 0. The maximum Gasteiger partial charge on any atom is 0.390 e. The Hall–Kier alpha value is -2.84. The number of aromatic nitrogens is 3. The minimum atomic E-state index is -4.35. The number of imidazole rings is 1. The van der Waals surface area contributed by atoms with Gasteiger partial charge in [0.15, 0.2) is 0 Å². The highest BCUT2D eigenvalue weighted by Crippen LogP contribution is 2.24. The Bertz CT molecular complexity index is 974. The summed E-state index contributed by atoms with van der Waals surface area (Å²) in [6.07, 6.45) is -3.94. The Morgan fingerprint density at radius 3 is 2.68 bits per heavy atom. The third kappa shape index (κ3) is 3.65. The van der Waals surface area contributed by atoms with E-state index in [9.17, 15) is 22.4 Å². The Kier molecular flexibility index (Phi) is 4.23. The zero-order chi connectivity index (χ0) is 18.2. The first kappa shape index (κ1) is 17.0. The number of anilines is 1. The van der Waals surface area contributed by atoms with Gasteiger partial charge in [0.05, 0.1) is 29.7 Å². The summed E-state index contributed by atoms with van der Waals surface area (Å²) in [5, 5.41) is 0. The molecule has 0 aliphatic carbocycles. The van der Waals surface area contributed by atoms with E-state index in [0.717, 1.165) is 12.1 Å². The van der Waals surface area contributed by atoms with E-state index in [0.29, 0.717) is 5.52 Å². The van der Waals surface area contributed by atoms with Crippen LogP contribution < -0.4 is 11.3 Å². The molecule has 0 aliphatic heterocycles. The standard InChI is InChI=1S/C16H14F4N4O/c17-10-3-4-13-12(8-10)22-14(24(13)7-5-16(18,19)20)9-23-6-1-2-11(21)15(23)25/h1-4,6,8H,5,7,9,21H2. The van der Waals surface area contributed by atoms with Gasteiger partial charge in [-0.15, -0.1) is 0 Å². The zero-order valence-corrected chi connectivity index (χ0v) is 12.9. The Morgan fingerprint density at radius 2 is 1.96 bits per heavy atom. The number of pyridine rings is 1. The fourth-order valence-corrected chi connectivity index (χ4v) is 2.59. The molecule has 0 spiro atoms. The molecule has 132 valence electrons. The predicted molar refractivity (Wildman–Crippen MR) is 84.6 cm³/mol. The van der Waals surface area contributed by atoms with Crippen molar-refractivity contribution in [2.45, 2.75) is 25.7 Å². The summed E-state index contributed by atoms with van der Waals surface area (Å²) in [6.45, 7) is -0.448. The van der Waals surface area contributed by atoms with E-state index in [1.165, 1.54) is 27.5 Å². The van der Waals surface area contributed by atoms with Crippen LogP contribution in [0.25, 0.3) is 11.0 Å². The molecule has 0 bridgehead atoms. The van der Waals surface area contributed by atoms with E-state index in [1.807, 2.05) is 0 Å². The molecule has 5 nitrogen and oxygen atoms in total. The highest BCUT2D eigenvalue weighted by Gasteiger charge is 2.27. The monoisotopic (exact) mass is 354 g/mol. The molecule has 0 saturated heterocycles. The van der Waals surface area contributed by atoms with Crippen molar-refractivity contribution in [3.63, 3.8) is 0 Å². The van der Waals surface area contributed by atoms with E-state index in [1.54, 1.807) is 6.07 Å². The van der Waals surface area contributed by atoms with Crippen molar-refractivity contribution in [1.29, 1.82) is 0 Å². The van der Waals surface area contributed by atoms with Crippen LogP contribution in [-0.4, -0.2) is 20.3 Å². The van der Waals surface area contributed by atoms with Crippen LogP contribution in [0.2, 0.25) is 0 Å². The van der Waals surface area contributed by atoms with Gasteiger partial charge in [0.25, 0.3) is 5.56 Å². The van der Waals surface area contributed by atoms with Gasteiger partial charge in [0.2, 0.25) is 0 Å². The molecule has 0 aliphatic rings. The number of aryl methyl sites for hydroxylation is 1. The van der Waals surface area contributed by atoms with E-state index >= 15 is 0 Å². The van der Waals surface area contributed by atoms with Crippen molar-refractivity contribution in [2.24, 2.45) is 0 Å². The van der Waals surface area contributed by atoms with Crippen molar-refractivity contribution in [1.82, 2.24) is 14.1 Å². The van der Waals surface area contributed by atoms with Crippen LogP contribution in [0.1, 0.15) is 12.2 Å². The number of nitrogens with zero attached hydrogens (tertiary/aromatic N) is 3. The average molecular weight is 354 g/mol. The third-order valence-corrected chi connectivity index (χ3v) is 3.77. The normalized spacial score (nSPS) is 12.0. The van der Waals surface area contributed by atoms with Crippen LogP contribution in [0.5, 0.6) is 0 Å². The Labute approximate surface area is 139 Å². The highest BCUT2D eigenvalue weighted by atomic mass is 19.4. The Morgan fingerprint density at radius 1 is 1.20 bits per heavy atom. The molecule has 0 saturated carbocycles. The molecule has 1 aromatic carbocycles. The number of hydrogen-bond donors (Lipinski definition) is 1. The molecule has 3 rings (SSSR count). The second-order valence-electron chi connectivity index (χ2n) is 5.57. The van der Waals surface area contributed by atoms with Gasteiger partial charge < -0.3 is 14.9 Å². The fraction of sp³-hybridized carbons (Fsp3) is 0.250. The molecular weight excluding hydrogens is 340 g/mol. The number of benzene rings is 1. The molecule has 2 N–H and O–H groups in total. The lowest BCUT2D eigenvalue weighted by Gasteiger charge is -2.12. The SMILES string of the molecule is Nc1cccn(Cc2nc3cc(F)ccc3n2CCC(F)(F)F)c1=O. The molecular formula is C16H14F4N4O. The molecule has 0 fully saturated rings. The van der Waals surface area contributed by atoms with Crippen molar-refractivity contribution in [3.8, 4) is 0 Å². The van der Waals surface area contributed by atoms with Crippen LogP contribution in [-0.2, 0) is 13.1 Å². The van der Waals surface area contributed by atoms with E-state index in [-0.39, 0.29) is 30.1 Å². The topological polar surface area (TPSA) is 65.8 Å². The third-order valence-electron chi connectivity index (χ3n) is 3.77. The van der Waals surface area contributed by atoms with Crippen LogP contribution in [0.4, 0.5) is 23.2 Å². The second-order valence-corrected chi connectivity index (χ2v) is 5.57. The van der Waals surface area contributed by atoms with Crippen molar-refractivity contribution >= 4 is 16.7 Å². The maximum absolute atomic E-state index is 13.4. The molecule has 0 amide bonds. The molecule has 2 aromatic heterocycles. The van der Waals surface area contributed by atoms with Crippen molar-refractivity contribution in [3.05, 3.63) is 58.5 Å². The molecule has 0 atom stereocenters. The van der Waals surface area contributed by atoms with Gasteiger partial charge in [0.1, 0.15) is 11.6 Å². The first-order valence-corrected chi connectivity index (χ1v) is 7.41. The number of halogens is 4. The summed E-state index contributed by atoms with van der Waals surface area (Å²) in [5.41, 5.74) is 5.72. The summed E-state index contributed by atoms with van der Waals surface area (Å²) < 4.78 is 53.9. The average Bonchev–Trinajstić information content (AvgIpc) is 2.85. The van der Waals surface area contributed by atoms with Gasteiger partial charge in [-0.1, -0.05) is 0 Å². The van der Waals surface area contributed by atoms with Crippen LogP contribution >= 0.6 is 0 Å². The van der Waals surface area contributed by atoms with Crippen molar-refractivity contribution in [2.75, 3.05) is 5.73 Å². The Balaban J connectivity index is 2.06. The minimum absolute atomic E-state index is 0.0199. The number of fused-ring (bicyclic) bond motifs is 1. The van der Waals surface area contributed by atoms with Gasteiger partial charge in [-0.05, 0) is 24.3 Å². The summed E-state index contributed by atoms with van der Waals surface area (Å²) in [5.74, 6) is -0.321. The van der Waals surface area contributed by atoms with Gasteiger partial charge in [0, 0.05) is 18.8 Å². The van der Waals surface area contributed by atoms with E-state index in [4.69, 9.17) is 5.73 Å². The first-order chi connectivity index (χ1) is 11.7. The number of rotatable bonds is 4. The smallest absolute Gasteiger partial charge is 0.390 e. The van der Waals surface area contributed by atoms with Gasteiger partial charge in [-0.25, -0.2) is 9.37 Å².